The lowest BCUT2D eigenvalue weighted by atomic mass is 9.65. The van der Waals surface area contributed by atoms with Crippen LogP contribution in [0.3, 0.4) is 0 Å². The van der Waals surface area contributed by atoms with E-state index in [9.17, 15) is 14.7 Å². The summed E-state index contributed by atoms with van der Waals surface area (Å²) in [5, 5.41) is 9.95. The van der Waals surface area contributed by atoms with Crippen LogP contribution in [0.4, 0.5) is 0 Å². The molecule has 1 saturated heterocycles. The highest BCUT2D eigenvalue weighted by Crippen LogP contribution is 2.45. The van der Waals surface area contributed by atoms with E-state index in [-0.39, 0.29) is 24.7 Å². The molecule has 162 valence electrons. The van der Waals surface area contributed by atoms with Crippen molar-refractivity contribution in [2.24, 2.45) is 29.6 Å². The third-order valence-corrected chi connectivity index (χ3v) is 6.29. The van der Waals surface area contributed by atoms with Gasteiger partial charge in [0.25, 0.3) is 0 Å². The first-order chi connectivity index (χ1) is 16.9. The Morgan fingerprint density at radius 2 is 2.28 bits per heavy atom. The molecule has 0 aromatic heterocycles. The van der Waals surface area contributed by atoms with Crippen LogP contribution >= 0.6 is 0 Å². The third-order valence-electron chi connectivity index (χ3n) is 6.29. The summed E-state index contributed by atoms with van der Waals surface area (Å²) in [5.74, 6) is -4.46. The maximum atomic E-state index is 13.0. The van der Waals surface area contributed by atoms with Crippen molar-refractivity contribution in [2.45, 2.75) is 84.3 Å². The highest BCUT2D eigenvalue weighted by Gasteiger charge is 2.42. The van der Waals surface area contributed by atoms with Gasteiger partial charge in [-0.15, -0.1) is 0 Å². The Bertz CT molecular complexity index is 925. The fraction of sp³-hybridized carbons (Fsp3) is 0.750. The standard InChI is InChI=1S/C24H36O5/c1-5-15(3)24(27)29-21-11-14(2)10-17-7-6-16(4)20(23(17)21)9-8-19-12-18(25)13-22(26)28-19/h6-7,10,14-16,18-21,23,25H,5,8-9,11-13H2,1-4H3/t14-,15-,16-,18+,19?,20-,21-,23-/m0/s1/i1D3,2D3,5D2. The highest BCUT2D eigenvalue weighted by molar-refractivity contribution is 5.72. The Morgan fingerprint density at radius 3 is 3.00 bits per heavy atom. The number of aliphatic hydroxyl groups excluding tert-OH is 1. The number of carbonyl (C=O) groups excluding carboxylic acids is 2. The molecule has 3 aliphatic rings. The van der Waals surface area contributed by atoms with E-state index in [1.165, 1.54) is 6.92 Å². The quantitative estimate of drug-likeness (QED) is 0.662. The number of aliphatic hydroxyl groups is 1. The number of allylic oxidation sites excluding steroid dienone is 3. The first-order valence-electron chi connectivity index (χ1n) is 14.4. The van der Waals surface area contributed by atoms with Crippen LogP contribution in [-0.4, -0.2) is 35.4 Å². The van der Waals surface area contributed by atoms with Crippen molar-refractivity contribution in [3.05, 3.63) is 23.8 Å². The second-order valence-corrected chi connectivity index (χ2v) is 8.54. The van der Waals surface area contributed by atoms with Gasteiger partial charge in [0, 0.05) is 23.3 Å². The van der Waals surface area contributed by atoms with Gasteiger partial charge in [0.05, 0.1) is 18.4 Å². The fourth-order valence-electron chi connectivity index (χ4n) is 4.74. The van der Waals surface area contributed by atoms with Crippen molar-refractivity contribution in [2.75, 3.05) is 0 Å². The first-order valence-corrected chi connectivity index (χ1v) is 10.4. The number of esters is 2. The number of rotatable bonds is 6. The van der Waals surface area contributed by atoms with E-state index >= 15 is 0 Å². The van der Waals surface area contributed by atoms with E-state index in [2.05, 4.69) is 0 Å². The van der Waals surface area contributed by atoms with E-state index in [0.717, 1.165) is 0 Å². The molecule has 1 fully saturated rings. The van der Waals surface area contributed by atoms with Crippen molar-refractivity contribution < 1.29 is 35.1 Å². The Labute approximate surface area is 185 Å². The monoisotopic (exact) mass is 412 g/mol. The predicted molar refractivity (Wildman–Crippen MR) is 111 cm³/mol. The van der Waals surface area contributed by atoms with Crippen LogP contribution in [0, 0.1) is 29.6 Å². The van der Waals surface area contributed by atoms with Crippen LogP contribution < -0.4 is 0 Å². The van der Waals surface area contributed by atoms with E-state index < -0.39 is 68.1 Å². The fourth-order valence-corrected chi connectivity index (χ4v) is 4.74. The van der Waals surface area contributed by atoms with Gasteiger partial charge in [-0.25, -0.2) is 0 Å². The molecule has 29 heavy (non-hydrogen) atoms. The zero-order valence-electron chi connectivity index (χ0n) is 25.0. The van der Waals surface area contributed by atoms with Gasteiger partial charge < -0.3 is 14.6 Å². The average Bonchev–Trinajstić information content (AvgIpc) is 2.75. The van der Waals surface area contributed by atoms with Crippen LogP contribution in [-0.2, 0) is 19.1 Å². The summed E-state index contributed by atoms with van der Waals surface area (Å²) < 4.78 is 73.3. The first kappa shape index (κ1) is 13.6. The summed E-state index contributed by atoms with van der Waals surface area (Å²) >= 11 is 0. The van der Waals surface area contributed by atoms with Crippen molar-refractivity contribution >= 4 is 11.9 Å². The summed E-state index contributed by atoms with van der Waals surface area (Å²) in [6.07, 6.45) is 1.86. The molecule has 8 atom stereocenters. The van der Waals surface area contributed by atoms with E-state index in [1.54, 1.807) is 6.08 Å². The third kappa shape index (κ3) is 5.30. The van der Waals surface area contributed by atoms with Gasteiger partial charge >= 0.3 is 11.9 Å². The molecule has 3 rings (SSSR count). The molecule has 0 amide bonds. The number of ether oxygens (including phenoxy) is 2. The molecule has 0 aromatic carbocycles. The lowest BCUT2D eigenvalue weighted by Crippen LogP contribution is -2.42. The van der Waals surface area contributed by atoms with Crippen molar-refractivity contribution in [1.82, 2.24) is 0 Å². The number of hydrogen-bond acceptors (Lipinski definition) is 5. The smallest absolute Gasteiger partial charge is 0.308 e. The summed E-state index contributed by atoms with van der Waals surface area (Å²) in [6, 6.07) is 0. The van der Waals surface area contributed by atoms with Crippen LogP contribution in [0.5, 0.6) is 0 Å². The molecule has 2 aliphatic carbocycles. The van der Waals surface area contributed by atoms with Crippen molar-refractivity contribution in [3.63, 3.8) is 0 Å². The second kappa shape index (κ2) is 9.46. The number of carbonyl (C=O) groups is 2. The molecule has 0 spiro atoms. The summed E-state index contributed by atoms with van der Waals surface area (Å²) in [5.41, 5.74) is 0.709. The topological polar surface area (TPSA) is 72.8 Å². The molecule has 0 aromatic rings. The van der Waals surface area contributed by atoms with Gasteiger partial charge in [0.15, 0.2) is 0 Å². The molecule has 1 heterocycles. The molecule has 5 heteroatoms. The number of hydrogen-bond donors (Lipinski definition) is 1. The molecule has 0 radical (unpaired) electrons. The highest BCUT2D eigenvalue weighted by atomic mass is 16.5. The molecular weight excluding hydrogens is 368 g/mol. The van der Waals surface area contributed by atoms with Gasteiger partial charge in [-0.2, -0.15) is 0 Å². The van der Waals surface area contributed by atoms with E-state index in [0.29, 0.717) is 24.8 Å². The molecule has 0 bridgehead atoms. The lowest BCUT2D eigenvalue weighted by molar-refractivity contribution is -0.162. The minimum Gasteiger partial charge on any atom is -0.462 e. The molecule has 1 N–H and O–H groups in total. The number of fused-ring (bicyclic) bond motifs is 1. The lowest BCUT2D eigenvalue weighted by Gasteiger charge is -2.43. The van der Waals surface area contributed by atoms with Gasteiger partial charge in [-0.3, -0.25) is 9.59 Å². The minimum atomic E-state index is -3.04. The van der Waals surface area contributed by atoms with Crippen molar-refractivity contribution in [1.29, 1.82) is 0 Å². The molecule has 5 nitrogen and oxygen atoms in total. The van der Waals surface area contributed by atoms with Gasteiger partial charge in [0.2, 0.25) is 0 Å². The van der Waals surface area contributed by atoms with E-state index in [4.69, 9.17) is 20.4 Å². The Kier molecular flexibility index (Phi) is 4.45. The van der Waals surface area contributed by atoms with Crippen LogP contribution in [0.15, 0.2) is 23.8 Å². The maximum Gasteiger partial charge on any atom is 0.308 e. The Hall–Kier alpha value is -1.62. The van der Waals surface area contributed by atoms with Crippen LogP contribution in [0.2, 0.25) is 0 Å². The molecule has 1 unspecified atom stereocenters. The van der Waals surface area contributed by atoms with Crippen LogP contribution in [0.1, 0.15) is 77.0 Å². The summed E-state index contributed by atoms with van der Waals surface area (Å²) in [7, 11) is 0. The second-order valence-electron chi connectivity index (χ2n) is 8.54. The molecular formula is C24H36O5. The van der Waals surface area contributed by atoms with Gasteiger partial charge in [-0.1, -0.05) is 45.8 Å². The average molecular weight is 413 g/mol. The van der Waals surface area contributed by atoms with Gasteiger partial charge in [0.1, 0.15) is 12.2 Å². The molecule has 1 aliphatic heterocycles. The van der Waals surface area contributed by atoms with Gasteiger partial charge in [-0.05, 0) is 49.0 Å². The Morgan fingerprint density at radius 1 is 1.45 bits per heavy atom. The zero-order chi connectivity index (χ0) is 27.9. The number of cyclic esters (lactones) is 1. The summed E-state index contributed by atoms with van der Waals surface area (Å²) in [4.78, 5) is 24.8. The largest absolute Gasteiger partial charge is 0.462 e. The zero-order valence-corrected chi connectivity index (χ0v) is 17.0. The van der Waals surface area contributed by atoms with Crippen LogP contribution in [0.25, 0.3) is 0 Å². The van der Waals surface area contributed by atoms with Crippen molar-refractivity contribution in [3.8, 4) is 0 Å². The maximum absolute atomic E-state index is 13.0. The Balaban J connectivity index is 1.87. The normalized spacial score (nSPS) is 43.3. The molecule has 0 saturated carbocycles. The SMILES string of the molecule is [2H]C([2H])([2H])[C@H]1C=C2C=C[C@H](C)[C@H](CCC3C[C@@H](O)CC(=O)O3)[C@H]2[C@@H](OC(=O)[C@@H](C)C([2H])([2H])C([2H])([2H])[2H])C1. The predicted octanol–water partition coefficient (Wildman–Crippen LogP) is 4.20. The van der Waals surface area contributed by atoms with E-state index in [1.807, 2.05) is 19.1 Å². The summed E-state index contributed by atoms with van der Waals surface area (Å²) in [6.45, 7) is -2.24. The minimum absolute atomic E-state index is 0.00587.